The number of aliphatic carboxylic acids is 1. The first-order valence-corrected chi connectivity index (χ1v) is 7.80. The van der Waals surface area contributed by atoms with Gasteiger partial charge < -0.3 is 9.84 Å². The average molecular weight is 316 g/mol. The normalized spacial score (nSPS) is 11.9. The third-order valence-electron chi connectivity index (χ3n) is 3.79. The van der Waals surface area contributed by atoms with Gasteiger partial charge in [0.05, 0.1) is 12.5 Å². The van der Waals surface area contributed by atoms with Gasteiger partial charge in [0, 0.05) is 0 Å². The van der Waals surface area contributed by atoms with Crippen molar-refractivity contribution in [3.8, 4) is 5.75 Å². The molecule has 122 valence electrons. The van der Waals surface area contributed by atoms with E-state index in [1.54, 1.807) is 6.07 Å². The van der Waals surface area contributed by atoms with Gasteiger partial charge in [0.1, 0.15) is 11.6 Å². The number of carboxylic acid groups (broad SMARTS) is 1. The van der Waals surface area contributed by atoms with Crippen LogP contribution in [-0.2, 0) is 11.2 Å². The van der Waals surface area contributed by atoms with Crippen LogP contribution < -0.4 is 4.74 Å². The summed E-state index contributed by atoms with van der Waals surface area (Å²) in [5.41, 5.74) is 1.74. The molecule has 0 heterocycles. The van der Waals surface area contributed by atoms with Crippen molar-refractivity contribution in [1.82, 2.24) is 0 Å². The van der Waals surface area contributed by atoms with Crippen molar-refractivity contribution in [2.75, 3.05) is 6.61 Å². The molecule has 1 unspecified atom stereocenters. The smallest absolute Gasteiger partial charge is 0.310 e. The van der Waals surface area contributed by atoms with Gasteiger partial charge in [-0.1, -0.05) is 31.2 Å². The molecule has 0 aromatic heterocycles. The lowest BCUT2D eigenvalue weighted by Crippen LogP contribution is -2.13. The van der Waals surface area contributed by atoms with Crippen LogP contribution in [0.2, 0.25) is 0 Å². The zero-order valence-electron chi connectivity index (χ0n) is 13.2. The molecule has 2 rings (SSSR count). The molecule has 0 saturated carbocycles. The summed E-state index contributed by atoms with van der Waals surface area (Å²) >= 11 is 0. The molecule has 0 spiro atoms. The number of carboxylic acids is 1. The Balaban J connectivity index is 1.86. The monoisotopic (exact) mass is 316 g/mol. The highest BCUT2D eigenvalue weighted by Crippen LogP contribution is 2.23. The Kier molecular flexibility index (Phi) is 6.15. The van der Waals surface area contributed by atoms with E-state index in [9.17, 15) is 14.3 Å². The van der Waals surface area contributed by atoms with Crippen LogP contribution in [0, 0.1) is 5.82 Å². The van der Waals surface area contributed by atoms with E-state index in [1.165, 1.54) is 23.8 Å². The van der Waals surface area contributed by atoms with Crippen LogP contribution in [-0.4, -0.2) is 17.7 Å². The number of benzene rings is 2. The molecule has 3 nitrogen and oxygen atoms in total. The van der Waals surface area contributed by atoms with Crippen molar-refractivity contribution in [3.63, 3.8) is 0 Å². The summed E-state index contributed by atoms with van der Waals surface area (Å²) in [6.07, 6.45) is 1.98. The van der Waals surface area contributed by atoms with Crippen molar-refractivity contribution in [2.45, 2.75) is 32.1 Å². The lowest BCUT2D eigenvalue weighted by atomic mass is 9.94. The molecule has 0 aliphatic rings. The number of ether oxygens (including phenoxy) is 1. The number of carbonyl (C=O) groups is 1. The first-order chi connectivity index (χ1) is 11.1. The van der Waals surface area contributed by atoms with Crippen LogP contribution in [0.4, 0.5) is 4.39 Å². The Hall–Kier alpha value is -2.36. The summed E-state index contributed by atoms with van der Waals surface area (Å²) in [7, 11) is 0. The van der Waals surface area contributed by atoms with E-state index in [0.717, 1.165) is 12.2 Å². The molecule has 1 N–H and O–H groups in total. The Morgan fingerprint density at radius 3 is 2.57 bits per heavy atom. The second kappa shape index (κ2) is 8.32. The molecule has 23 heavy (non-hydrogen) atoms. The highest BCUT2D eigenvalue weighted by atomic mass is 19.1. The van der Waals surface area contributed by atoms with Crippen LogP contribution in [0.1, 0.15) is 36.8 Å². The van der Waals surface area contributed by atoms with E-state index in [-0.39, 0.29) is 0 Å². The molecular weight excluding hydrogens is 295 g/mol. The van der Waals surface area contributed by atoms with Crippen LogP contribution in [0.3, 0.4) is 0 Å². The third kappa shape index (κ3) is 5.09. The van der Waals surface area contributed by atoms with Crippen LogP contribution in [0.5, 0.6) is 5.75 Å². The molecule has 0 bridgehead atoms. The fourth-order valence-electron chi connectivity index (χ4n) is 2.45. The summed E-state index contributed by atoms with van der Waals surface area (Å²) in [6, 6.07) is 13.6. The van der Waals surface area contributed by atoms with Gasteiger partial charge in [0.2, 0.25) is 0 Å². The minimum absolute atomic E-state index is 0.409. The average Bonchev–Trinajstić information content (AvgIpc) is 2.55. The Labute approximate surface area is 135 Å². The summed E-state index contributed by atoms with van der Waals surface area (Å²) in [5, 5.41) is 9.33. The number of halogens is 1. The molecule has 0 aliphatic carbocycles. The summed E-state index contributed by atoms with van der Waals surface area (Å²) in [5.74, 6) is -1.29. The molecule has 2 aromatic carbocycles. The van der Waals surface area contributed by atoms with Gasteiger partial charge >= 0.3 is 5.97 Å². The van der Waals surface area contributed by atoms with Crippen molar-refractivity contribution >= 4 is 5.97 Å². The fraction of sp³-hybridized carbons (Fsp3) is 0.316. The molecule has 0 saturated heterocycles. The van der Waals surface area contributed by atoms with Gasteiger partial charge in [-0.15, -0.1) is 0 Å². The summed E-state index contributed by atoms with van der Waals surface area (Å²) in [6.45, 7) is 2.53. The Morgan fingerprint density at radius 2 is 1.96 bits per heavy atom. The first-order valence-electron chi connectivity index (χ1n) is 7.80. The van der Waals surface area contributed by atoms with Crippen LogP contribution >= 0.6 is 0 Å². The van der Waals surface area contributed by atoms with Crippen molar-refractivity contribution < 1.29 is 19.0 Å². The molecule has 0 aliphatic heterocycles. The highest BCUT2D eigenvalue weighted by Gasteiger charge is 2.19. The van der Waals surface area contributed by atoms with E-state index < -0.39 is 17.7 Å². The molecule has 4 heteroatoms. The lowest BCUT2D eigenvalue weighted by Gasteiger charge is -2.13. The third-order valence-corrected chi connectivity index (χ3v) is 3.79. The second-order valence-corrected chi connectivity index (χ2v) is 5.43. The van der Waals surface area contributed by atoms with Crippen LogP contribution in [0.25, 0.3) is 0 Å². The molecule has 0 amide bonds. The maximum absolute atomic E-state index is 13.2. The van der Waals surface area contributed by atoms with Gasteiger partial charge in [-0.25, -0.2) is 4.39 Å². The number of hydrogen-bond donors (Lipinski definition) is 1. The number of hydrogen-bond acceptors (Lipinski definition) is 2. The minimum atomic E-state index is -0.942. The van der Waals surface area contributed by atoms with E-state index in [4.69, 9.17) is 4.74 Å². The first kappa shape index (κ1) is 17.0. The predicted octanol–water partition coefficient (Wildman–Crippen LogP) is 4.42. The maximum atomic E-state index is 13.2. The predicted molar refractivity (Wildman–Crippen MR) is 87.3 cm³/mol. The number of rotatable bonds is 8. The van der Waals surface area contributed by atoms with Gasteiger partial charge in [0.25, 0.3) is 0 Å². The van der Waals surface area contributed by atoms with Gasteiger partial charge in [-0.3, -0.25) is 4.79 Å². The zero-order chi connectivity index (χ0) is 16.7. The molecular formula is C19H21FO3. The summed E-state index contributed by atoms with van der Waals surface area (Å²) in [4.78, 5) is 11.4. The highest BCUT2D eigenvalue weighted by molar-refractivity contribution is 5.76. The van der Waals surface area contributed by atoms with E-state index in [2.05, 4.69) is 6.92 Å². The topological polar surface area (TPSA) is 46.5 Å². The van der Waals surface area contributed by atoms with Crippen molar-refractivity contribution in [1.29, 1.82) is 0 Å². The number of aryl methyl sites for hydroxylation is 1. The van der Waals surface area contributed by atoms with Crippen molar-refractivity contribution in [2.24, 2.45) is 0 Å². The SMILES string of the molecule is CCc1ccc(OCCCC(C(=O)O)c2cccc(F)c2)cc1. The standard InChI is InChI=1S/C19H21FO3/c1-2-14-8-10-17(11-9-14)23-12-4-7-18(19(21)22)15-5-3-6-16(20)13-15/h3,5-6,8-11,13,18H,2,4,7,12H2,1H3,(H,21,22). The van der Waals surface area contributed by atoms with Gasteiger partial charge in [-0.05, 0) is 54.7 Å². The van der Waals surface area contributed by atoms with Crippen molar-refractivity contribution in [3.05, 3.63) is 65.5 Å². The molecule has 0 fully saturated rings. The maximum Gasteiger partial charge on any atom is 0.310 e. The van der Waals surface area contributed by atoms with Gasteiger partial charge in [-0.2, -0.15) is 0 Å². The van der Waals surface area contributed by atoms with E-state index in [1.807, 2.05) is 24.3 Å². The molecule has 1 atom stereocenters. The van der Waals surface area contributed by atoms with E-state index in [0.29, 0.717) is 25.0 Å². The van der Waals surface area contributed by atoms with E-state index >= 15 is 0 Å². The Morgan fingerprint density at radius 1 is 1.22 bits per heavy atom. The quantitative estimate of drug-likeness (QED) is 0.734. The molecule has 0 radical (unpaired) electrons. The largest absolute Gasteiger partial charge is 0.494 e. The second-order valence-electron chi connectivity index (χ2n) is 5.43. The Bertz CT molecular complexity index is 637. The lowest BCUT2D eigenvalue weighted by molar-refractivity contribution is -0.139. The zero-order valence-corrected chi connectivity index (χ0v) is 13.2. The van der Waals surface area contributed by atoms with Crippen LogP contribution in [0.15, 0.2) is 48.5 Å². The minimum Gasteiger partial charge on any atom is -0.494 e. The summed E-state index contributed by atoms with van der Waals surface area (Å²) < 4.78 is 18.9. The fourth-order valence-corrected chi connectivity index (χ4v) is 2.45. The molecule has 2 aromatic rings. The van der Waals surface area contributed by atoms with Gasteiger partial charge in [0.15, 0.2) is 0 Å².